The molecule has 0 radical (unpaired) electrons. The van der Waals surface area contributed by atoms with Gasteiger partial charge in [-0.15, -0.1) is 0 Å². The van der Waals surface area contributed by atoms with Crippen LogP contribution in [-0.2, 0) is 18.4 Å². The third-order valence-corrected chi connectivity index (χ3v) is 3.49. The topological polar surface area (TPSA) is 29.3 Å². The molecular weight excluding hydrogens is 212 g/mol. The molecule has 96 valence electrons. The van der Waals surface area contributed by atoms with Gasteiger partial charge in [-0.25, -0.2) is 0 Å². The SMILES string of the molecule is CC(C)(C)c1noc2c1CN(C(C)(C)C)CC2. The van der Waals surface area contributed by atoms with Crippen molar-refractivity contribution in [2.24, 2.45) is 0 Å². The normalized spacial score (nSPS) is 18.2. The van der Waals surface area contributed by atoms with Gasteiger partial charge in [0.2, 0.25) is 0 Å². The maximum atomic E-state index is 5.50. The fourth-order valence-corrected chi connectivity index (χ4v) is 2.37. The first-order chi connectivity index (χ1) is 7.69. The van der Waals surface area contributed by atoms with Crippen LogP contribution in [0.2, 0.25) is 0 Å². The molecule has 1 aliphatic heterocycles. The highest BCUT2D eigenvalue weighted by Gasteiger charge is 2.33. The summed E-state index contributed by atoms with van der Waals surface area (Å²) in [5, 5.41) is 4.28. The second-order valence-corrected chi connectivity index (χ2v) is 7.03. The van der Waals surface area contributed by atoms with E-state index in [-0.39, 0.29) is 11.0 Å². The Morgan fingerprint density at radius 1 is 1.12 bits per heavy atom. The average Bonchev–Trinajstić information content (AvgIpc) is 2.57. The molecule has 0 N–H and O–H groups in total. The van der Waals surface area contributed by atoms with E-state index in [9.17, 15) is 0 Å². The molecule has 1 aliphatic rings. The lowest BCUT2D eigenvalue weighted by Gasteiger charge is -2.38. The summed E-state index contributed by atoms with van der Waals surface area (Å²) >= 11 is 0. The number of hydrogen-bond acceptors (Lipinski definition) is 3. The second kappa shape index (κ2) is 3.84. The van der Waals surface area contributed by atoms with Gasteiger partial charge in [0.25, 0.3) is 0 Å². The van der Waals surface area contributed by atoms with E-state index in [1.165, 1.54) is 5.56 Å². The zero-order chi connectivity index (χ0) is 12.8. The van der Waals surface area contributed by atoms with Gasteiger partial charge in [0.15, 0.2) is 0 Å². The van der Waals surface area contributed by atoms with Crippen molar-refractivity contribution >= 4 is 0 Å². The van der Waals surface area contributed by atoms with Crippen molar-refractivity contribution in [2.45, 2.75) is 65.5 Å². The fourth-order valence-electron chi connectivity index (χ4n) is 2.37. The summed E-state index contributed by atoms with van der Waals surface area (Å²) in [7, 11) is 0. The van der Waals surface area contributed by atoms with Gasteiger partial charge in [-0.3, -0.25) is 4.90 Å². The molecule has 0 unspecified atom stereocenters. The Labute approximate surface area is 104 Å². The van der Waals surface area contributed by atoms with Gasteiger partial charge in [0, 0.05) is 36.0 Å². The predicted octanol–water partition coefficient (Wildman–Crippen LogP) is 3.13. The Balaban J connectivity index is 2.33. The monoisotopic (exact) mass is 236 g/mol. The predicted molar refractivity (Wildman–Crippen MR) is 69.1 cm³/mol. The molecule has 0 saturated heterocycles. The molecule has 17 heavy (non-hydrogen) atoms. The van der Waals surface area contributed by atoms with E-state index in [0.29, 0.717) is 0 Å². The molecule has 2 heterocycles. The van der Waals surface area contributed by atoms with E-state index in [1.807, 2.05) is 0 Å². The van der Waals surface area contributed by atoms with Gasteiger partial charge in [-0.05, 0) is 20.8 Å². The van der Waals surface area contributed by atoms with Gasteiger partial charge < -0.3 is 4.52 Å². The van der Waals surface area contributed by atoms with Gasteiger partial charge >= 0.3 is 0 Å². The summed E-state index contributed by atoms with van der Waals surface area (Å²) in [6.45, 7) is 15.4. The molecule has 0 atom stereocenters. The van der Waals surface area contributed by atoms with Crippen LogP contribution in [0.15, 0.2) is 4.52 Å². The number of hydrogen-bond donors (Lipinski definition) is 0. The molecular formula is C14H24N2O. The molecule has 0 fully saturated rings. The first-order valence-corrected chi connectivity index (χ1v) is 6.42. The highest BCUT2D eigenvalue weighted by molar-refractivity contribution is 5.30. The summed E-state index contributed by atoms with van der Waals surface area (Å²) in [6, 6.07) is 0. The van der Waals surface area contributed by atoms with Crippen molar-refractivity contribution in [3.05, 3.63) is 17.0 Å². The Hall–Kier alpha value is -0.830. The molecule has 0 aliphatic carbocycles. The van der Waals surface area contributed by atoms with Crippen molar-refractivity contribution in [3.63, 3.8) is 0 Å². The molecule has 0 spiro atoms. The summed E-state index contributed by atoms with van der Waals surface area (Å²) in [4.78, 5) is 2.50. The maximum absolute atomic E-state index is 5.50. The minimum atomic E-state index is 0.0674. The largest absolute Gasteiger partial charge is 0.361 e. The summed E-state index contributed by atoms with van der Waals surface area (Å²) in [5.74, 6) is 1.09. The summed E-state index contributed by atoms with van der Waals surface area (Å²) in [6.07, 6.45) is 0.982. The van der Waals surface area contributed by atoms with E-state index in [1.54, 1.807) is 0 Å². The molecule has 1 aromatic rings. The number of rotatable bonds is 0. The van der Waals surface area contributed by atoms with E-state index in [2.05, 4.69) is 51.6 Å². The van der Waals surface area contributed by atoms with Crippen LogP contribution in [-0.4, -0.2) is 22.1 Å². The highest BCUT2D eigenvalue weighted by Crippen LogP contribution is 2.32. The lowest BCUT2D eigenvalue weighted by atomic mass is 9.86. The first kappa shape index (κ1) is 12.6. The molecule has 2 rings (SSSR count). The summed E-state index contributed by atoms with van der Waals surface area (Å²) in [5.41, 5.74) is 2.72. The van der Waals surface area contributed by atoms with Crippen molar-refractivity contribution in [3.8, 4) is 0 Å². The molecule has 1 aromatic heterocycles. The lowest BCUT2D eigenvalue weighted by Crippen LogP contribution is -2.44. The first-order valence-electron chi connectivity index (χ1n) is 6.42. The van der Waals surface area contributed by atoms with Gasteiger partial charge in [0.05, 0.1) is 5.69 Å². The van der Waals surface area contributed by atoms with Crippen LogP contribution in [0.25, 0.3) is 0 Å². The Kier molecular flexibility index (Phi) is 2.85. The van der Waals surface area contributed by atoms with Crippen molar-refractivity contribution in [1.82, 2.24) is 10.1 Å². The van der Waals surface area contributed by atoms with Crippen molar-refractivity contribution in [2.75, 3.05) is 6.54 Å². The van der Waals surface area contributed by atoms with E-state index >= 15 is 0 Å². The minimum absolute atomic E-state index is 0.0674. The van der Waals surface area contributed by atoms with Gasteiger partial charge in [-0.2, -0.15) is 0 Å². The molecule has 0 amide bonds. The second-order valence-electron chi connectivity index (χ2n) is 7.03. The van der Waals surface area contributed by atoms with Crippen LogP contribution in [0.3, 0.4) is 0 Å². The number of aromatic nitrogens is 1. The lowest BCUT2D eigenvalue weighted by molar-refractivity contribution is 0.115. The van der Waals surface area contributed by atoms with E-state index in [4.69, 9.17) is 4.52 Å². The molecule has 0 saturated carbocycles. The number of nitrogens with zero attached hydrogens (tertiary/aromatic N) is 2. The van der Waals surface area contributed by atoms with Crippen LogP contribution in [0.5, 0.6) is 0 Å². The number of fused-ring (bicyclic) bond motifs is 1. The molecule has 0 aromatic carbocycles. The van der Waals surface area contributed by atoms with Crippen molar-refractivity contribution < 1.29 is 4.52 Å². The third kappa shape index (κ3) is 2.39. The zero-order valence-electron chi connectivity index (χ0n) is 11.9. The smallest absolute Gasteiger partial charge is 0.142 e. The quantitative estimate of drug-likeness (QED) is 0.693. The Bertz CT molecular complexity index is 407. The van der Waals surface area contributed by atoms with Crippen LogP contribution in [0.1, 0.15) is 58.6 Å². The fraction of sp³-hybridized carbons (Fsp3) is 0.786. The van der Waals surface area contributed by atoms with Crippen LogP contribution in [0.4, 0.5) is 0 Å². The molecule has 3 nitrogen and oxygen atoms in total. The molecule has 3 heteroatoms. The van der Waals surface area contributed by atoms with E-state index in [0.717, 1.165) is 31.0 Å². The highest BCUT2D eigenvalue weighted by atomic mass is 16.5. The van der Waals surface area contributed by atoms with Gasteiger partial charge in [0.1, 0.15) is 5.76 Å². The standard InChI is InChI=1S/C14H24N2O/c1-13(2,3)12-10-9-16(14(4,5)6)8-7-11(10)17-15-12/h7-9H2,1-6H3. The van der Waals surface area contributed by atoms with Gasteiger partial charge in [-0.1, -0.05) is 25.9 Å². The van der Waals surface area contributed by atoms with Crippen LogP contribution < -0.4 is 0 Å². The van der Waals surface area contributed by atoms with Crippen molar-refractivity contribution in [1.29, 1.82) is 0 Å². The molecule has 0 bridgehead atoms. The van der Waals surface area contributed by atoms with E-state index < -0.39 is 0 Å². The average molecular weight is 236 g/mol. The van der Waals surface area contributed by atoms with Crippen LogP contribution >= 0.6 is 0 Å². The Morgan fingerprint density at radius 3 is 2.29 bits per heavy atom. The third-order valence-electron chi connectivity index (χ3n) is 3.49. The zero-order valence-corrected chi connectivity index (χ0v) is 11.9. The minimum Gasteiger partial charge on any atom is -0.361 e. The maximum Gasteiger partial charge on any atom is 0.142 e. The van der Waals surface area contributed by atoms with Crippen LogP contribution in [0, 0.1) is 0 Å². The summed E-state index contributed by atoms with van der Waals surface area (Å²) < 4.78 is 5.50. The Morgan fingerprint density at radius 2 is 1.76 bits per heavy atom.